The van der Waals surface area contributed by atoms with Gasteiger partial charge >= 0.3 is 6.18 Å². The molecule has 162 valence electrons. The van der Waals surface area contributed by atoms with Crippen molar-refractivity contribution in [1.82, 2.24) is 4.98 Å². The molecule has 1 atom stereocenters. The van der Waals surface area contributed by atoms with Gasteiger partial charge in [0.25, 0.3) is 16.0 Å². The lowest BCUT2D eigenvalue weighted by Crippen LogP contribution is -2.43. The van der Waals surface area contributed by atoms with E-state index in [0.717, 1.165) is 18.2 Å². The number of aromatic amines is 1. The first-order chi connectivity index (χ1) is 14.4. The summed E-state index contributed by atoms with van der Waals surface area (Å²) >= 11 is 0. The van der Waals surface area contributed by atoms with E-state index in [9.17, 15) is 31.2 Å². The molecule has 31 heavy (non-hydrogen) atoms. The second-order valence-corrected chi connectivity index (χ2v) is 8.68. The van der Waals surface area contributed by atoms with Crippen molar-refractivity contribution in [1.29, 1.82) is 0 Å². The molecule has 3 N–H and O–H groups in total. The van der Waals surface area contributed by atoms with Gasteiger partial charge in [-0.1, -0.05) is 24.3 Å². The van der Waals surface area contributed by atoms with E-state index in [4.69, 9.17) is 9.92 Å². The van der Waals surface area contributed by atoms with Crippen LogP contribution in [0.1, 0.15) is 23.1 Å². The third kappa shape index (κ3) is 3.49. The number of aromatic nitrogens is 1. The molecule has 1 amide bonds. The van der Waals surface area contributed by atoms with Gasteiger partial charge in [-0.2, -0.15) is 21.6 Å². The minimum absolute atomic E-state index is 0.0321. The van der Waals surface area contributed by atoms with Crippen molar-refractivity contribution in [3.63, 3.8) is 0 Å². The summed E-state index contributed by atoms with van der Waals surface area (Å²) in [6.45, 7) is 0. The van der Waals surface area contributed by atoms with Gasteiger partial charge in [-0.05, 0) is 42.2 Å². The van der Waals surface area contributed by atoms with Crippen molar-refractivity contribution in [3.05, 3.63) is 75.6 Å². The molecule has 7 nitrogen and oxygen atoms in total. The smallest absolute Gasteiger partial charge is 0.367 e. The van der Waals surface area contributed by atoms with Crippen LogP contribution >= 0.6 is 0 Å². The number of hydrogen-bond donors (Lipinski definition) is 2. The highest BCUT2D eigenvalue weighted by Gasteiger charge is 2.49. The van der Waals surface area contributed by atoms with Crippen molar-refractivity contribution in [2.75, 3.05) is 0 Å². The van der Waals surface area contributed by atoms with Crippen LogP contribution < -0.4 is 11.3 Å². The van der Waals surface area contributed by atoms with Crippen LogP contribution in [-0.2, 0) is 37.3 Å². The van der Waals surface area contributed by atoms with E-state index in [1.807, 2.05) is 0 Å². The molecule has 0 saturated carbocycles. The molecule has 11 heteroatoms. The van der Waals surface area contributed by atoms with Gasteiger partial charge in [-0.25, -0.2) is 4.18 Å². The molecule has 0 radical (unpaired) electrons. The lowest BCUT2D eigenvalue weighted by molar-refractivity contribution is -0.136. The minimum atomic E-state index is -4.89. The summed E-state index contributed by atoms with van der Waals surface area (Å²) in [6.07, 6.45) is -4.59. The Morgan fingerprint density at radius 3 is 2.52 bits per heavy atom. The highest BCUT2D eigenvalue weighted by Crippen LogP contribution is 2.42. The second-order valence-electron chi connectivity index (χ2n) is 7.14. The van der Waals surface area contributed by atoms with E-state index in [2.05, 4.69) is 4.98 Å². The fourth-order valence-electron chi connectivity index (χ4n) is 3.82. The minimum Gasteiger partial charge on any atom is -0.367 e. The van der Waals surface area contributed by atoms with E-state index >= 15 is 0 Å². The molecule has 3 aromatic rings. The van der Waals surface area contributed by atoms with Gasteiger partial charge in [0.15, 0.2) is 5.60 Å². The first kappa shape index (κ1) is 21.1. The largest absolute Gasteiger partial charge is 0.417 e. The van der Waals surface area contributed by atoms with Crippen LogP contribution in [0.4, 0.5) is 13.2 Å². The number of aryl methyl sites for hydroxylation is 1. The number of alkyl halides is 3. The van der Waals surface area contributed by atoms with Crippen molar-refractivity contribution < 1.29 is 30.6 Å². The quantitative estimate of drug-likeness (QED) is 0.590. The number of halogens is 3. The van der Waals surface area contributed by atoms with Crippen molar-refractivity contribution in [3.8, 4) is 0 Å². The number of pyridine rings is 1. The van der Waals surface area contributed by atoms with E-state index in [-0.39, 0.29) is 11.9 Å². The lowest BCUT2D eigenvalue weighted by atomic mass is 9.95. The summed E-state index contributed by atoms with van der Waals surface area (Å²) < 4.78 is 71.5. The highest BCUT2D eigenvalue weighted by molar-refractivity contribution is 7.86. The Morgan fingerprint density at radius 1 is 1.13 bits per heavy atom. The highest BCUT2D eigenvalue weighted by atomic mass is 32.2. The summed E-state index contributed by atoms with van der Waals surface area (Å²) in [4.78, 5) is 25.4. The summed E-state index contributed by atoms with van der Waals surface area (Å²) in [6, 6.07) is 9.65. The second kappa shape index (κ2) is 6.92. The predicted molar refractivity (Wildman–Crippen MR) is 103 cm³/mol. The average Bonchev–Trinajstić information content (AvgIpc) is 3.05. The first-order valence-corrected chi connectivity index (χ1v) is 10.4. The van der Waals surface area contributed by atoms with Gasteiger partial charge in [0.2, 0.25) is 5.56 Å². The van der Waals surface area contributed by atoms with E-state index < -0.39 is 49.2 Å². The maximum absolute atomic E-state index is 13.4. The first-order valence-electron chi connectivity index (χ1n) is 9.02. The van der Waals surface area contributed by atoms with Crippen molar-refractivity contribution in [2.24, 2.45) is 5.73 Å². The Labute approximate surface area is 173 Å². The van der Waals surface area contributed by atoms with Gasteiger partial charge in [-0.3, -0.25) is 9.59 Å². The van der Waals surface area contributed by atoms with Crippen LogP contribution in [0, 0.1) is 0 Å². The zero-order valence-electron chi connectivity index (χ0n) is 15.7. The molecule has 4 rings (SSSR count). The topological polar surface area (TPSA) is 119 Å². The van der Waals surface area contributed by atoms with Crippen molar-refractivity contribution in [2.45, 2.75) is 29.5 Å². The number of rotatable bonds is 4. The fraction of sp³-hybridized carbons (Fsp3) is 0.200. The summed E-state index contributed by atoms with van der Waals surface area (Å²) in [5.74, 6) is -1.03. The van der Waals surface area contributed by atoms with Crippen LogP contribution in [-0.4, -0.2) is 19.3 Å². The third-order valence-electron chi connectivity index (χ3n) is 5.26. The monoisotopic (exact) mass is 452 g/mol. The average molecular weight is 452 g/mol. The van der Waals surface area contributed by atoms with Gasteiger partial charge < -0.3 is 10.7 Å². The lowest BCUT2D eigenvalue weighted by Gasteiger charge is -2.26. The number of nitrogens with one attached hydrogen (secondary N) is 1. The molecule has 2 aromatic carbocycles. The molecule has 1 aromatic heterocycles. The van der Waals surface area contributed by atoms with Crippen LogP contribution in [0.25, 0.3) is 10.9 Å². The summed E-state index contributed by atoms with van der Waals surface area (Å²) in [5, 5.41) is -0.531. The van der Waals surface area contributed by atoms with Crippen LogP contribution in [0.3, 0.4) is 0 Å². The van der Waals surface area contributed by atoms with Crippen LogP contribution in [0.15, 0.2) is 58.2 Å². The Hall–Kier alpha value is -3.18. The molecule has 1 aliphatic rings. The van der Waals surface area contributed by atoms with Crippen LogP contribution in [0.2, 0.25) is 0 Å². The number of benzene rings is 2. The molecule has 0 bridgehead atoms. The number of H-pyrrole nitrogens is 1. The van der Waals surface area contributed by atoms with Gasteiger partial charge in [0.1, 0.15) is 0 Å². The maximum atomic E-state index is 13.4. The maximum Gasteiger partial charge on any atom is 0.417 e. The number of fused-ring (bicyclic) bond motifs is 2. The number of amides is 1. The standard InChI is InChI=1S/C20H15F3N2O5S/c21-20(22,23)15-10-17(26)25-16-6-5-12(9-13(15)16)31(28,29)30-19(18(24)27)8-7-11-3-1-2-4-14(11)19/h1-6,9-10H,7-8H2,(H2,24,27)(H,25,26). The zero-order chi connectivity index (χ0) is 22.6. The van der Waals surface area contributed by atoms with E-state index in [0.29, 0.717) is 23.6 Å². The molecule has 1 heterocycles. The molecule has 1 aliphatic carbocycles. The Bertz CT molecular complexity index is 1380. The molecular weight excluding hydrogens is 437 g/mol. The van der Waals surface area contributed by atoms with Crippen molar-refractivity contribution >= 4 is 26.9 Å². The predicted octanol–water partition coefficient (Wildman–Crippen LogP) is 2.58. The molecule has 0 fully saturated rings. The number of carbonyl (C=O) groups is 1. The van der Waals surface area contributed by atoms with Gasteiger partial charge in [-0.15, -0.1) is 0 Å². The Kier molecular flexibility index (Phi) is 4.70. The molecule has 0 aliphatic heterocycles. The van der Waals surface area contributed by atoms with E-state index in [1.54, 1.807) is 18.2 Å². The number of primary amides is 1. The number of hydrogen-bond acceptors (Lipinski definition) is 5. The SMILES string of the molecule is NC(=O)C1(OS(=O)(=O)c2ccc3[nH]c(=O)cc(C(F)(F)F)c3c2)CCc2ccccc21. The Balaban J connectivity index is 1.85. The van der Waals surface area contributed by atoms with Gasteiger partial charge in [0, 0.05) is 17.0 Å². The number of carbonyl (C=O) groups excluding carboxylic acids is 1. The van der Waals surface area contributed by atoms with E-state index in [1.165, 1.54) is 6.07 Å². The fourth-order valence-corrected chi connectivity index (χ4v) is 5.04. The number of nitrogens with two attached hydrogens (primary N) is 1. The normalized spacial score (nSPS) is 18.8. The molecular formula is C20H15F3N2O5S. The Morgan fingerprint density at radius 2 is 1.84 bits per heavy atom. The van der Waals surface area contributed by atoms with Crippen LogP contribution in [0.5, 0.6) is 0 Å². The third-order valence-corrected chi connectivity index (χ3v) is 6.59. The van der Waals surface area contributed by atoms with Gasteiger partial charge in [0.05, 0.1) is 10.5 Å². The summed E-state index contributed by atoms with van der Waals surface area (Å²) in [5.41, 5.74) is 2.04. The molecule has 0 saturated heterocycles. The molecule has 1 unspecified atom stereocenters. The summed E-state index contributed by atoms with van der Waals surface area (Å²) in [7, 11) is -4.71. The zero-order valence-corrected chi connectivity index (χ0v) is 16.5. The molecule has 0 spiro atoms.